The largest absolute Gasteiger partial charge is 0.393 e. The van der Waals surface area contributed by atoms with Crippen molar-refractivity contribution in [3.05, 3.63) is 35.0 Å². The average molecular weight is 310 g/mol. The van der Waals surface area contributed by atoms with Gasteiger partial charge in [-0.25, -0.2) is 4.39 Å². The van der Waals surface area contributed by atoms with E-state index in [-0.39, 0.29) is 11.7 Å². The molecule has 0 aliphatic carbocycles. The Morgan fingerprint density at radius 1 is 1.45 bits per heavy atom. The van der Waals surface area contributed by atoms with Crippen molar-refractivity contribution in [3.8, 4) is 0 Å². The molecular formula is C14H15FN2OS2. The highest BCUT2D eigenvalue weighted by molar-refractivity contribution is 7.80. The molecular weight excluding hydrogens is 295 g/mol. The molecule has 1 aromatic carbocycles. The Morgan fingerprint density at radius 3 is 2.85 bits per heavy atom. The Bertz CT molecular complexity index is 654. The molecule has 0 aliphatic rings. The van der Waals surface area contributed by atoms with Crippen molar-refractivity contribution >= 4 is 44.5 Å². The molecule has 0 unspecified atom stereocenters. The molecule has 2 aromatic rings. The highest BCUT2D eigenvalue weighted by atomic mass is 32.1. The van der Waals surface area contributed by atoms with E-state index in [0.717, 1.165) is 10.1 Å². The minimum atomic E-state index is -0.292. The van der Waals surface area contributed by atoms with Crippen LogP contribution in [0.2, 0.25) is 0 Å². The molecule has 1 amide bonds. The van der Waals surface area contributed by atoms with E-state index in [2.05, 4.69) is 0 Å². The van der Waals surface area contributed by atoms with Crippen LogP contribution in [0.5, 0.6) is 0 Å². The maximum atomic E-state index is 13.2. The van der Waals surface area contributed by atoms with Gasteiger partial charge in [0.15, 0.2) is 0 Å². The Balaban J connectivity index is 2.22. The number of carbonyl (C=O) groups excluding carboxylic acids is 1. The van der Waals surface area contributed by atoms with Crippen molar-refractivity contribution in [3.63, 3.8) is 0 Å². The molecule has 6 heteroatoms. The second-order valence-corrected chi connectivity index (χ2v) is 6.00. The maximum absolute atomic E-state index is 13.2. The minimum absolute atomic E-state index is 0.0645. The highest BCUT2D eigenvalue weighted by Gasteiger charge is 2.17. The summed E-state index contributed by atoms with van der Waals surface area (Å²) in [5.41, 5.74) is 5.47. The number of hydrogen-bond donors (Lipinski definition) is 1. The fraction of sp³-hybridized carbons (Fsp3) is 0.286. The lowest BCUT2D eigenvalue weighted by molar-refractivity contribution is 0.0774. The Hall–Kier alpha value is -1.53. The second kappa shape index (κ2) is 6.28. The first-order valence-corrected chi connectivity index (χ1v) is 7.50. The molecule has 0 fully saturated rings. The first kappa shape index (κ1) is 14.9. The predicted molar refractivity (Wildman–Crippen MR) is 84.8 cm³/mol. The summed E-state index contributed by atoms with van der Waals surface area (Å²) >= 11 is 6.13. The number of halogens is 1. The van der Waals surface area contributed by atoms with Crippen LogP contribution in [-0.2, 0) is 0 Å². The van der Waals surface area contributed by atoms with Crippen LogP contribution in [0.3, 0.4) is 0 Å². The van der Waals surface area contributed by atoms with Gasteiger partial charge in [0.1, 0.15) is 5.82 Å². The molecule has 1 heterocycles. The first-order valence-electron chi connectivity index (χ1n) is 6.28. The van der Waals surface area contributed by atoms with Gasteiger partial charge in [-0.3, -0.25) is 4.79 Å². The average Bonchev–Trinajstić information content (AvgIpc) is 2.81. The van der Waals surface area contributed by atoms with Crippen LogP contribution in [-0.4, -0.2) is 28.9 Å². The molecule has 0 saturated carbocycles. The number of thiocarbonyl (C=S) groups is 1. The summed E-state index contributed by atoms with van der Waals surface area (Å²) in [5.74, 6) is -0.357. The second-order valence-electron chi connectivity index (χ2n) is 4.39. The highest BCUT2D eigenvalue weighted by Crippen LogP contribution is 2.27. The molecule has 0 bridgehead atoms. The molecule has 1 aromatic heterocycles. The molecule has 20 heavy (non-hydrogen) atoms. The van der Waals surface area contributed by atoms with E-state index in [4.69, 9.17) is 18.0 Å². The molecule has 2 rings (SSSR count). The smallest absolute Gasteiger partial charge is 0.263 e. The van der Waals surface area contributed by atoms with Gasteiger partial charge in [-0.05, 0) is 30.5 Å². The van der Waals surface area contributed by atoms with Gasteiger partial charge in [-0.1, -0.05) is 18.3 Å². The van der Waals surface area contributed by atoms with Crippen molar-refractivity contribution < 1.29 is 9.18 Å². The van der Waals surface area contributed by atoms with Gasteiger partial charge in [-0.2, -0.15) is 0 Å². The van der Waals surface area contributed by atoms with Crippen molar-refractivity contribution in [2.75, 3.05) is 13.1 Å². The monoisotopic (exact) mass is 310 g/mol. The summed E-state index contributed by atoms with van der Waals surface area (Å²) in [6.07, 6.45) is 0.508. The predicted octanol–water partition coefficient (Wildman–Crippen LogP) is 3.18. The molecule has 106 valence electrons. The van der Waals surface area contributed by atoms with Gasteiger partial charge in [0.25, 0.3) is 5.91 Å². The molecule has 0 saturated heterocycles. The normalized spacial score (nSPS) is 10.7. The number of nitrogens with zero attached hydrogens (tertiary/aromatic N) is 1. The summed E-state index contributed by atoms with van der Waals surface area (Å²) in [6, 6.07) is 6.32. The molecule has 0 aliphatic heterocycles. The maximum Gasteiger partial charge on any atom is 0.263 e. The van der Waals surface area contributed by atoms with E-state index in [9.17, 15) is 9.18 Å². The fourth-order valence-electron chi connectivity index (χ4n) is 1.91. The lowest BCUT2D eigenvalue weighted by atomic mass is 10.2. The van der Waals surface area contributed by atoms with Crippen molar-refractivity contribution in [2.24, 2.45) is 5.73 Å². The van der Waals surface area contributed by atoms with Gasteiger partial charge in [-0.15, -0.1) is 11.3 Å². The topological polar surface area (TPSA) is 46.3 Å². The summed E-state index contributed by atoms with van der Waals surface area (Å²) < 4.78 is 13.9. The number of hydrogen-bond acceptors (Lipinski definition) is 3. The van der Waals surface area contributed by atoms with Crippen LogP contribution < -0.4 is 5.73 Å². The third kappa shape index (κ3) is 3.32. The minimum Gasteiger partial charge on any atom is -0.393 e. The van der Waals surface area contributed by atoms with E-state index in [0.29, 0.717) is 29.4 Å². The fourth-order valence-corrected chi connectivity index (χ4v) is 3.06. The Kier molecular flexibility index (Phi) is 4.67. The lowest BCUT2D eigenvalue weighted by Gasteiger charge is -2.19. The van der Waals surface area contributed by atoms with Gasteiger partial charge in [0, 0.05) is 24.2 Å². The van der Waals surface area contributed by atoms with E-state index in [1.54, 1.807) is 17.0 Å². The number of nitrogens with two attached hydrogens (primary N) is 1. The van der Waals surface area contributed by atoms with Crippen molar-refractivity contribution in [1.82, 2.24) is 4.90 Å². The van der Waals surface area contributed by atoms with Crippen LogP contribution in [0.25, 0.3) is 10.1 Å². The Morgan fingerprint density at radius 2 is 2.20 bits per heavy atom. The standard InChI is InChI=1S/C14H15FN2OS2/c1-2-17(6-5-13(16)19)14(18)12-7-9-3-4-10(15)8-11(9)20-12/h3-4,7-8H,2,5-6H2,1H3,(H2,16,19). The molecule has 2 N–H and O–H groups in total. The van der Waals surface area contributed by atoms with Crippen LogP contribution >= 0.6 is 23.6 Å². The van der Waals surface area contributed by atoms with Gasteiger partial charge in [0.05, 0.1) is 9.87 Å². The van der Waals surface area contributed by atoms with Gasteiger partial charge in [0.2, 0.25) is 0 Å². The zero-order valence-corrected chi connectivity index (χ0v) is 12.7. The van der Waals surface area contributed by atoms with E-state index in [1.807, 2.05) is 6.92 Å². The number of benzene rings is 1. The first-order chi connectivity index (χ1) is 9.51. The molecule has 0 atom stereocenters. The van der Waals surface area contributed by atoms with Gasteiger partial charge >= 0.3 is 0 Å². The zero-order chi connectivity index (χ0) is 14.7. The van der Waals surface area contributed by atoms with Crippen LogP contribution in [0.1, 0.15) is 23.0 Å². The third-order valence-electron chi connectivity index (χ3n) is 2.99. The number of fused-ring (bicyclic) bond motifs is 1. The summed E-state index contributed by atoms with van der Waals surface area (Å²) in [5, 5.41) is 0.880. The molecule has 0 spiro atoms. The van der Waals surface area contributed by atoms with Gasteiger partial charge < -0.3 is 10.6 Å². The summed E-state index contributed by atoms with van der Waals surface area (Å²) in [6.45, 7) is 3.00. The summed E-state index contributed by atoms with van der Waals surface area (Å²) in [7, 11) is 0. The van der Waals surface area contributed by atoms with E-state index >= 15 is 0 Å². The van der Waals surface area contributed by atoms with Crippen molar-refractivity contribution in [2.45, 2.75) is 13.3 Å². The molecule has 0 radical (unpaired) electrons. The van der Waals surface area contributed by atoms with E-state index in [1.165, 1.54) is 23.5 Å². The lowest BCUT2D eigenvalue weighted by Crippen LogP contribution is -2.33. The summed E-state index contributed by atoms with van der Waals surface area (Å²) in [4.78, 5) is 15.1. The molecule has 3 nitrogen and oxygen atoms in total. The van der Waals surface area contributed by atoms with Crippen molar-refractivity contribution in [1.29, 1.82) is 0 Å². The SMILES string of the molecule is CCN(CCC(N)=S)C(=O)c1cc2ccc(F)cc2s1. The Labute approximate surface area is 126 Å². The number of carbonyl (C=O) groups is 1. The van der Waals surface area contributed by atoms with Crippen LogP contribution in [0.4, 0.5) is 4.39 Å². The quantitative estimate of drug-likeness (QED) is 0.863. The third-order valence-corrected chi connectivity index (χ3v) is 4.28. The van der Waals surface area contributed by atoms with Crippen LogP contribution in [0, 0.1) is 5.82 Å². The van der Waals surface area contributed by atoms with Crippen LogP contribution in [0.15, 0.2) is 24.3 Å². The van der Waals surface area contributed by atoms with E-state index < -0.39 is 0 Å². The zero-order valence-electron chi connectivity index (χ0n) is 11.1. The number of amides is 1. The number of rotatable bonds is 5. The number of thiophene rings is 1.